The van der Waals surface area contributed by atoms with Crippen molar-refractivity contribution in [2.24, 2.45) is 5.92 Å². The van der Waals surface area contributed by atoms with Crippen LogP contribution in [-0.2, 0) is 16.9 Å². The Labute approximate surface area is 236 Å². The number of likely N-dealkylation sites (tertiary alicyclic amines) is 2. The lowest BCUT2D eigenvalue weighted by Gasteiger charge is -2.47. The molecule has 6 rings (SSSR count). The van der Waals surface area contributed by atoms with Crippen LogP contribution < -0.4 is 0 Å². The topological polar surface area (TPSA) is 42.6 Å². The summed E-state index contributed by atoms with van der Waals surface area (Å²) >= 11 is 0. The number of benzene rings is 3. The molecule has 6 heteroatoms. The average Bonchev–Trinajstić information content (AvgIpc) is 3.36. The Hall–Kier alpha value is -3.48. The van der Waals surface area contributed by atoms with E-state index in [1.807, 2.05) is 18.2 Å². The number of piperidine rings is 2. The largest absolute Gasteiger partial charge is 0.354 e. The molecule has 0 aliphatic carbocycles. The van der Waals surface area contributed by atoms with Crippen molar-refractivity contribution in [2.75, 3.05) is 40.3 Å². The Morgan fingerprint density at radius 3 is 2.38 bits per heavy atom. The first-order valence-electron chi connectivity index (χ1n) is 14.5. The van der Waals surface area contributed by atoms with Gasteiger partial charge in [-0.1, -0.05) is 48.5 Å². The molecule has 3 heterocycles. The summed E-state index contributed by atoms with van der Waals surface area (Å²) in [5, 5.41) is 1.19. The highest BCUT2D eigenvalue weighted by Crippen LogP contribution is 2.38. The first-order valence-corrected chi connectivity index (χ1v) is 14.5. The summed E-state index contributed by atoms with van der Waals surface area (Å²) in [5.41, 5.74) is 5.62. The molecule has 4 aromatic rings. The highest BCUT2D eigenvalue weighted by Gasteiger charge is 2.40. The van der Waals surface area contributed by atoms with Gasteiger partial charge in [-0.15, -0.1) is 0 Å². The molecule has 1 atom stereocenters. The second-order valence-corrected chi connectivity index (χ2v) is 11.7. The molecule has 40 heavy (non-hydrogen) atoms. The van der Waals surface area contributed by atoms with E-state index < -0.39 is 0 Å². The molecule has 2 aliphatic rings. The van der Waals surface area contributed by atoms with Crippen LogP contribution in [0.5, 0.6) is 0 Å². The third kappa shape index (κ3) is 5.06. The number of carbonyl (C=O) groups is 1. The number of hydrogen-bond donors (Lipinski definition) is 1. The minimum Gasteiger partial charge on any atom is -0.354 e. The Kier molecular flexibility index (Phi) is 7.47. The quantitative estimate of drug-likeness (QED) is 0.315. The van der Waals surface area contributed by atoms with Crippen LogP contribution in [0.25, 0.3) is 22.2 Å². The second kappa shape index (κ2) is 11.2. The van der Waals surface area contributed by atoms with Gasteiger partial charge in [0.25, 0.3) is 0 Å². The van der Waals surface area contributed by atoms with Gasteiger partial charge in [0.2, 0.25) is 5.91 Å². The second-order valence-electron chi connectivity index (χ2n) is 11.7. The van der Waals surface area contributed by atoms with E-state index in [-0.39, 0.29) is 17.3 Å². The molecule has 2 saturated heterocycles. The number of aromatic amines is 1. The van der Waals surface area contributed by atoms with Gasteiger partial charge < -0.3 is 9.88 Å². The number of rotatable bonds is 6. The van der Waals surface area contributed by atoms with Crippen LogP contribution in [-0.4, -0.2) is 65.9 Å². The van der Waals surface area contributed by atoms with Crippen LogP contribution in [0.15, 0.2) is 78.9 Å². The zero-order valence-corrected chi connectivity index (χ0v) is 23.6. The molecule has 0 saturated carbocycles. The number of fused-ring (bicyclic) bond motifs is 1. The van der Waals surface area contributed by atoms with Crippen molar-refractivity contribution in [1.82, 2.24) is 19.7 Å². The van der Waals surface area contributed by atoms with Gasteiger partial charge in [-0.25, -0.2) is 4.39 Å². The fraction of sp³-hybridized carbons (Fsp3) is 0.382. The number of carbonyl (C=O) groups excluding carboxylic acids is 1. The SMILES string of the molecule is CN(C)C1(c2ccccc2)CCN(C(=O)C2CCCN(Cc3c(-c4ccc(F)cc4)[nH]c4ccccc34)C2)CC1. The van der Waals surface area contributed by atoms with Gasteiger partial charge in [0, 0.05) is 42.6 Å². The Morgan fingerprint density at radius 1 is 0.950 bits per heavy atom. The van der Waals surface area contributed by atoms with Crippen molar-refractivity contribution < 1.29 is 9.18 Å². The standard InChI is InChI=1S/C34H39FN4O/c1-37(2)34(27-10-4-3-5-11-27)18-21-39(22-19-34)33(40)26-9-8-20-38(23-26)24-30-29-12-6-7-13-31(29)36-32(30)25-14-16-28(35)17-15-25/h3-7,10-17,26,36H,8-9,18-24H2,1-2H3. The molecular weight excluding hydrogens is 499 g/mol. The van der Waals surface area contributed by atoms with E-state index in [0.717, 1.165) is 75.2 Å². The van der Waals surface area contributed by atoms with E-state index >= 15 is 0 Å². The highest BCUT2D eigenvalue weighted by molar-refractivity contribution is 5.90. The van der Waals surface area contributed by atoms with E-state index in [4.69, 9.17) is 0 Å². The summed E-state index contributed by atoms with van der Waals surface area (Å²) in [5.74, 6) is 0.0997. The molecule has 1 N–H and O–H groups in total. The molecule has 1 unspecified atom stereocenters. The summed E-state index contributed by atoms with van der Waals surface area (Å²) in [7, 11) is 4.32. The third-order valence-electron chi connectivity index (χ3n) is 9.25. The Morgan fingerprint density at radius 2 is 1.65 bits per heavy atom. The maximum Gasteiger partial charge on any atom is 0.226 e. The third-order valence-corrected chi connectivity index (χ3v) is 9.25. The molecule has 1 amide bonds. The number of halogens is 1. The van der Waals surface area contributed by atoms with Crippen LogP contribution in [0.2, 0.25) is 0 Å². The number of nitrogens with one attached hydrogen (secondary N) is 1. The highest BCUT2D eigenvalue weighted by atomic mass is 19.1. The number of H-pyrrole nitrogens is 1. The first-order chi connectivity index (χ1) is 19.4. The van der Waals surface area contributed by atoms with E-state index in [9.17, 15) is 9.18 Å². The fourth-order valence-electron chi connectivity index (χ4n) is 6.95. The fourth-order valence-corrected chi connectivity index (χ4v) is 6.95. The number of nitrogens with zero attached hydrogens (tertiary/aromatic N) is 3. The van der Waals surface area contributed by atoms with Gasteiger partial charge in [-0.3, -0.25) is 14.6 Å². The van der Waals surface area contributed by atoms with E-state index in [1.165, 1.54) is 28.6 Å². The van der Waals surface area contributed by atoms with Crippen LogP contribution >= 0.6 is 0 Å². The summed E-state index contributed by atoms with van der Waals surface area (Å²) in [6.07, 6.45) is 3.86. The predicted molar refractivity (Wildman–Crippen MR) is 159 cm³/mol. The maximum absolute atomic E-state index is 13.8. The smallest absolute Gasteiger partial charge is 0.226 e. The van der Waals surface area contributed by atoms with Crippen molar-refractivity contribution in [2.45, 2.75) is 37.8 Å². The summed E-state index contributed by atoms with van der Waals surface area (Å²) in [6, 6.07) is 25.8. The van der Waals surface area contributed by atoms with Crippen molar-refractivity contribution >= 4 is 16.8 Å². The number of para-hydroxylation sites is 1. The zero-order valence-electron chi connectivity index (χ0n) is 23.6. The van der Waals surface area contributed by atoms with Gasteiger partial charge in [-0.05, 0) is 93.3 Å². The molecule has 3 aromatic carbocycles. The van der Waals surface area contributed by atoms with Gasteiger partial charge in [0.15, 0.2) is 0 Å². The molecule has 5 nitrogen and oxygen atoms in total. The van der Waals surface area contributed by atoms with Crippen molar-refractivity contribution in [3.05, 3.63) is 95.8 Å². The van der Waals surface area contributed by atoms with Crippen molar-refractivity contribution in [3.63, 3.8) is 0 Å². The monoisotopic (exact) mass is 538 g/mol. The summed E-state index contributed by atoms with van der Waals surface area (Å²) in [6.45, 7) is 4.09. The van der Waals surface area contributed by atoms with Gasteiger partial charge in [0.05, 0.1) is 11.6 Å². The average molecular weight is 539 g/mol. The van der Waals surface area contributed by atoms with Gasteiger partial charge in [0.1, 0.15) is 5.82 Å². The molecule has 0 bridgehead atoms. The van der Waals surface area contributed by atoms with Gasteiger partial charge >= 0.3 is 0 Å². The van der Waals surface area contributed by atoms with Crippen LogP contribution in [0.1, 0.15) is 36.8 Å². The molecule has 2 aliphatic heterocycles. The number of aromatic nitrogens is 1. The molecule has 1 aromatic heterocycles. The number of amides is 1. The zero-order chi connectivity index (χ0) is 27.7. The first kappa shape index (κ1) is 26.7. The van der Waals surface area contributed by atoms with Crippen LogP contribution in [0.3, 0.4) is 0 Å². The lowest BCUT2D eigenvalue weighted by atomic mass is 9.79. The molecule has 0 spiro atoms. The van der Waals surface area contributed by atoms with E-state index in [2.05, 4.69) is 82.3 Å². The lowest BCUT2D eigenvalue weighted by Crippen LogP contribution is -2.54. The van der Waals surface area contributed by atoms with Crippen molar-refractivity contribution in [1.29, 1.82) is 0 Å². The Bertz CT molecular complexity index is 1450. The summed E-state index contributed by atoms with van der Waals surface area (Å²) in [4.78, 5) is 24.3. The predicted octanol–water partition coefficient (Wildman–Crippen LogP) is 6.27. The minimum atomic E-state index is -0.233. The normalized spacial score (nSPS) is 19.8. The van der Waals surface area contributed by atoms with Crippen LogP contribution in [0, 0.1) is 11.7 Å². The molecule has 2 fully saturated rings. The van der Waals surface area contributed by atoms with Gasteiger partial charge in [-0.2, -0.15) is 0 Å². The number of hydrogen-bond acceptors (Lipinski definition) is 3. The Balaban J connectivity index is 1.17. The maximum atomic E-state index is 13.8. The van der Waals surface area contributed by atoms with Crippen LogP contribution in [0.4, 0.5) is 4.39 Å². The molecule has 208 valence electrons. The lowest BCUT2D eigenvalue weighted by molar-refractivity contribution is -0.140. The molecular formula is C34H39FN4O. The molecule has 0 radical (unpaired) electrons. The summed E-state index contributed by atoms with van der Waals surface area (Å²) < 4.78 is 13.7. The van der Waals surface area contributed by atoms with E-state index in [1.54, 1.807) is 0 Å². The minimum absolute atomic E-state index is 0.0248. The van der Waals surface area contributed by atoms with E-state index in [0.29, 0.717) is 5.91 Å². The van der Waals surface area contributed by atoms with Crippen molar-refractivity contribution in [3.8, 4) is 11.3 Å².